The van der Waals surface area contributed by atoms with Gasteiger partial charge in [0.2, 0.25) is 0 Å². The highest BCUT2D eigenvalue weighted by atomic mass is 32.2. The highest BCUT2D eigenvalue weighted by Crippen LogP contribution is 2.18. The highest BCUT2D eigenvalue weighted by molar-refractivity contribution is 7.90. The Bertz CT molecular complexity index is 225. The van der Waals surface area contributed by atoms with E-state index in [1.165, 1.54) is 0 Å². The van der Waals surface area contributed by atoms with Crippen molar-refractivity contribution in [1.29, 1.82) is 0 Å². The highest BCUT2D eigenvalue weighted by Gasteiger charge is 2.31. The summed E-state index contributed by atoms with van der Waals surface area (Å²) in [6.45, 7) is 7.91. The van der Waals surface area contributed by atoms with Crippen LogP contribution in [-0.2, 0) is 16.1 Å². The quantitative estimate of drug-likeness (QED) is 0.757. The lowest BCUT2D eigenvalue weighted by atomic mass is 10.1. The maximum atomic E-state index is 11.8. The smallest absolute Gasteiger partial charge is 0.136 e. The van der Waals surface area contributed by atoms with E-state index in [1.54, 1.807) is 6.26 Å². The molecule has 1 N–H and O–H groups in total. The van der Waals surface area contributed by atoms with E-state index in [0.717, 1.165) is 12.8 Å². The third-order valence-corrected chi connectivity index (χ3v) is 4.07. The minimum atomic E-state index is -1.02. The number of hydrogen-bond donors (Lipinski definition) is 1. The van der Waals surface area contributed by atoms with Crippen molar-refractivity contribution in [2.24, 2.45) is 0 Å². The molecule has 0 aromatic rings. The largest absolute Gasteiger partial charge is 0.598 e. The van der Waals surface area contributed by atoms with Gasteiger partial charge in [0.15, 0.2) is 0 Å². The van der Waals surface area contributed by atoms with E-state index in [9.17, 15) is 4.55 Å². The van der Waals surface area contributed by atoms with E-state index in [-0.39, 0.29) is 16.9 Å². The van der Waals surface area contributed by atoms with E-state index in [4.69, 9.17) is 4.74 Å². The van der Waals surface area contributed by atoms with Crippen LogP contribution in [0.1, 0.15) is 40.5 Å². The molecule has 0 aromatic carbocycles. The van der Waals surface area contributed by atoms with Crippen molar-refractivity contribution in [3.05, 3.63) is 12.3 Å². The zero-order valence-corrected chi connectivity index (χ0v) is 10.8. The second-order valence-electron chi connectivity index (χ2n) is 4.91. The van der Waals surface area contributed by atoms with Gasteiger partial charge in [0.25, 0.3) is 0 Å². The van der Waals surface area contributed by atoms with E-state index < -0.39 is 11.4 Å². The minimum Gasteiger partial charge on any atom is -0.598 e. The summed E-state index contributed by atoms with van der Waals surface area (Å²) >= 11 is -1.02. The first-order valence-corrected chi connectivity index (χ1v) is 6.55. The molecule has 0 aromatic heterocycles. The molecule has 0 bridgehead atoms. The monoisotopic (exact) mass is 231 g/mol. The molecule has 1 aliphatic heterocycles. The van der Waals surface area contributed by atoms with Gasteiger partial charge in [-0.3, -0.25) is 0 Å². The van der Waals surface area contributed by atoms with E-state index >= 15 is 0 Å². The van der Waals surface area contributed by atoms with E-state index in [2.05, 4.69) is 4.72 Å². The van der Waals surface area contributed by atoms with Crippen LogP contribution in [0.5, 0.6) is 0 Å². The number of nitrogens with one attached hydrogen (secondary N) is 1. The molecule has 0 aliphatic carbocycles. The summed E-state index contributed by atoms with van der Waals surface area (Å²) in [6, 6.07) is 0.120. The van der Waals surface area contributed by atoms with Crippen LogP contribution < -0.4 is 4.72 Å². The molecule has 15 heavy (non-hydrogen) atoms. The molecule has 0 saturated heterocycles. The molecule has 1 rings (SSSR count). The summed E-state index contributed by atoms with van der Waals surface area (Å²) in [6.07, 6.45) is 5.93. The van der Waals surface area contributed by atoms with E-state index in [0.29, 0.717) is 0 Å². The third kappa shape index (κ3) is 4.05. The first-order chi connectivity index (χ1) is 6.91. The van der Waals surface area contributed by atoms with Crippen molar-refractivity contribution in [2.75, 3.05) is 0 Å². The van der Waals surface area contributed by atoms with Crippen LogP contribution in [0.2, 0.25) is 0 Å². The molecule has 1 aliphatic rings. The van der Waals surface area contributed by atoms with Crippen molar-refractivity contribution in [1.82, 2.24) is 4.72 Å². The molecular formula is C11H21NO2S. The fourth-order valence-electron chi connectivity index (χ4n) is 1.34. The molecular weight excluding hydrogens is 210 g/mol. The lowest BCUT2D eigenvalue weighted by Crippen LogP contribution is -2.48. The van der Waals surface area contributed by atoms with Crippen molar-refractivity contribution in [3.63, 3.8) is 0 Å². The molecule has 0 saturated carbocycles. The summed E-state index contributed by atoms with van der Waals surface area (Å²) in [5.41, 5.74) is 0. The molecule has 3 nitrogen and oxygen atoms in total. The standard InChI is InChI=1S/C11H21NO2S/c1-9(10-7-5-6-8-14-10)12-15(13)11(2,3)4/h6,8-10,12H,5,7H2,1-4H3/t9?,10-,15-/m0/s1. The molecule has 4 heteroatoms. The summed E-state index contributed by atoms with van der Waals surface area (Å²) in [5.74, 6) is 0. The van der Waals surface area contributed by atoms with Crippen LogP contribution in [-0.4, -0.2) is 21.4 Å². The molecule has 0 spiro atoms. The number of hydrogen-bond acceptors (Lipinski definition) is 3. The van der Waals surface area contributed by atoms with Crippen molar-refractivity contribution in [2.45, 2.75) is 57.4 Å². The summed E-state index contributed by atoms with van der Waals surface area (Å²) in [7, 11) is 0. The van der Waals surface area contributed by atoms with E-state index in [1.807, 2.05) is 33.8 Å². The molecule has 0 radical (unpaired) electrons. The maximum Gasteiger partial charge on any atom is 0.136 e. The fraction of sp³-hybridized carbons (Fsp3) is 0.818. The molecule has 88 valence electrons. The predicted octanol–water partition coefficient (Wildman–Crippen LogP) is 2.12. The second-order valence-corrected chi connectivity index (χ2v) is 6.91. The van der Waals surface area contributed by atoms with Crippen molar-refractivity contribution < 1.29 is 9.29 Å². The second kappa shape index (κ2) is 5.23. The Morgan fingerprint density at radius 3 is 2.67 bits per heavy atom. The maximum absolute atomic E-state index is 11.8. The number of allylic oxidation sites excluding steroid dienone is 1. The minimum absolute atomic E-state index is 0.120. The first kappa shape index (κ1) is 12.9. The third-order valence-electron chi connectivity index (χ3n) is 2.37. The van der Waals surface area contributed by atoms with Gasteiger partial charge in [-0.1, -0.05) is 0 Å². The van der Waals surface area contributed by atoms with Crippen LogP contribution in [0.3, 0.4) is 0 Å². The summed E-state index contributed by atoms with van der Waals surface area (Å²) in [5, 5.41) is 0. The van der Waals surface area contributed by atoms with Gasteiger partial charge in [-0.15, -0.1) is 4.72 Å². The average Bonchev–Trinajstić information content (AvgIpc) is 2.17. The Labute approximate surface area is 95.6 Å². The molecule has 0 fully saturated rings. The topological polar surface area (TPSA) is 44.3 Å². The van der Waals surface area contributed by atoms with Crippen LogP contribution in [0.25, 0.3) is 0 Å². The van der Waals surface area contributed by atoms with Crippen LogP contribution in [0.15, 0.2) is 12.3 Å². The Morgan fingerprint density at radius 2 is 2.20 bits per heavy atom. The first-order valence-electron chi connectivity index (χ1n) is 5.40. The van der Waals surface area contributed by atoms with Crippen LogP contribution in [0, 0.1) is 0 Å². The lowest BCUT2D eigenvalue weighted by Gasteiger charge is -2.30. The van der Waals surface area contributed by atoms with Gasteiger partial charge in [0, 0.05) is 11.4 Å². The molecule has 1 unspecified atom stereocenters. The SMILES string of the molecule is CC(N[S@@+]([O-])C(C)(C)C)[C@@H]1CCC=CO1. The zero-order valence-electron chi connectivity index (χ0n) is 9.95. The van der Waals surface area contributed by atoms with Crippen LogP contribution >= 0.6 is 0 Å². The molecule has 0 amide bonds. The zero-order chi connectivity index (χ0) is 11.5. The Balaban J connectivity index is 2.41. The average molecular weight is 231 g/mol. The summed E-state index contributed by atoms with van der Waals surface area (Å²) in [4.78, 5) is 0. The van der Waals surface area contributed by atoms with Crippen molar-refractivity contribution in [3.8, 4) is 0 Å². The van der Waals surface area contributed by atoms with Crippen molar-refractivity contribution >= 4 is 11.4 Å². The van der Waals surface area contributed by atoms with Gasteiger partial charge in [-0.25, -0.2) is 0 Å². The van der Waals surface area contributed by atoms with Crippen LogP contribution in [0.4, 0.5) is 0 Å². The number of ether oxygens (including phenoxy) is 1. The molecule has 1 heterocycles. The number of rotatable bonds is 3. The Hall–Kier alpha value is -0.190. The fourth-order valence-corrected chi connectivity index (χ4v) is 2.19. The van der Waals surface area contributed by atoms with Gasteiger partial charge in [-0.05, 0) is 46.6 Å². The van der Waals surface area contributed by atoms with Gasteiger partial charge in [0.05, 0.1) is 12.3 Å². The predicted molar refractivity (Wildman–Crippen MR) is 63.7 cm³/mol. The van der Waals surface area contributed by atoms with Gasteiger partial charge in [0.1, 0.15) is 10.9 Å². The molecule has 3 atom stereocenters. The lowest BCUT2D eigenvalue weighted by molar-refractivity contribution is 0.0991. The Morgan fingerprint density at radius 1 is 1.53 bits per heavy atom. The normalized spacial score (nSPS) is 25.8. The van der Waals surface area contributed by atoms with Gasteiger partial charge < -0.3 is 9.29 Å². The Kier molecular flexibility index (Phi) is 4.49. The summed E-state index contributed by atoms with van der Waals surface area (Å²) < 4.78 is 20.2. The van der Waals surface area contributed by atoms with Gasteiger partial charge in [-0.2, -0.15) is 0 Å². The van der Waals surface area contributed by atoms with Gasteiger partial charge >= 0.3 is 0 Å².